The zero-order valence-corrected chi connectivity index (χ0v) is 13.1. The molecule has 0 aromatic heterocycles. The van der Waals surface area contributed by atoms with Crippen LogP contribution in [0.25, 0.3) is 0 Å². The summed E-state index contributed by atoms with van der Waals surface area (Å²) in [4.78, 5) is 11.4. The Labute approximate surface area is 129 Å². The summed E-state index contributed by atoms with van der Waals surface area (Å²) in [6.45, 7) is 6.17. The molecule has 0 aliphatic rings. The van der Waals surface area contributed by atoms with Crippen LogP contribution in [0.4, 0.5) is 25.0 Å². The third-order valence-electron chi connectivity index (χ3n) is 2.65. The van der Waals surface area contributed by atoms with Crippen molar-refractivity contribution in [3.8, 4) is 0 Å². The zero-order chi connectivity index (χ0) is 16.8. The van der Waals surface area contributed by atoms with Crippen molar-refractivity contribution in [2.45, 2.75) is 39.2 Å². The quantitative estimate of drug-likeness (QED) is 0.554. The number of alkyl halides is 2. The predicted octanol–water partition coefficient (Wildman–Crippen LogP) is 3.53. The predicted molar refractivity (Wildman–Crippen MR) is 83.2 cm³/mol. The highest BCUT2D eigenvalue weighted by Gasteiger charge is 2.15. The first-order valence-electron chi connectivity index (χ1n) is 7.07. The average molecular weight is 315 g/mol. The highest BCUT2D eigenvalue weighted by atomic mass is 19.3. The number of rotatable bonds is 6. The standard InChI is InChI=1S/C15H23F2N3O2/c1-15(2,3)22-14(21)20-8-4-7-19-12-6-5-10(18)9-11(12)13(16)17/h5-6,9,13,19H,4,7-8,18H2,1-3H3,(H,20,21). The summed E-state index contributed by atoms with van der Waals surface area (Å²) in [5.41, 5.74) is 5.48. The normalized spacial score (nSPS) is 11.4. The van der Waals surface area contributed by atoms with Crippen LogP contribution in [0.1, 0.15) is 39.2 Å². The van der Waals surface area contributed by atoms with Gasteiger partial charge in [-0.25, -0.2) is 13.6 Å². The number of hydrogen-bond donors (Lipinski definition) is 3. The lowest BCUT2D eigenvalue weighted by molar-refractivity contribution is 0.0528. The summed E-state index contributed by atoms with van der Waals surface area (Å²) in [7, 11) is 0. The van der Waals surface area contributed by atoms with Gasteiger partial charge in [-0.15, -0.1) is 0 Å². The third-order valence-corrected chi connectivity index (χ3v) is 2.65. The molecular weight excluding hydrogens is 292 g/mol. The molecule has 5 nitrogen and oxygen atoms in total. The van der Waals surface area contributed by atoms with Crippen LogP contribution < -0.4 is 16.4 Å². The molecule has 0 unspecified atom stereocenters. The molecule has 0 atom stereocenters. The van der Waals surface area contributed by atoms with Gasteiger partial charge in [-0.05, 0) is 45.4 Å². The van der Waals surface area contributed by atoms with E-state index in [-0.39, 0.29) is 5.56 Å². The van der Waals surface area contributed by atoms with Gasteiger partial charge in [0, 0.05) is 30.0 Å². The second-order valence-electron chi connectivity index (χ2n) is 5.86. The van der Waals surface area contributed by atoms with Gasteiger partial charge in [-0.3, -0.25) is 0 Å². The fourth-order valence-corrected chi connectivity index (χ4v) is 1.74. The monoisotopic (exact) mass is 315 g/mol. The lowest BCUT2D eigenvalue weighted by Gasteiger charge is -2.19. The Kier molecular flexibility index (Phi) is 6.39. The molecule has 0 fully saturated rings. The van der Waals surface area contributed by atoms with Gasteiger partial charge in [0.25, 0.3) is 6.43 Å². The van der Waals surface area contributed by atoms with Gasteiger partial charge in [-0.1, -0.05) is 0 Å². The average Bonchev–Trinajstić information content (AvgIpc) is 2.37. The summed E-state index contributed by atoms with van der Waals surface area (Å²) in [5.74, 6) is 0. The number of amides is 1. The molecule has 1 aromatic rings. The first-order chi connectivity index (χ1) is 10.2. The van der Waals surface area contributed by atoms with E-state index in [0.717, 1.165) is 0 Å². The summed E-state index contributed by atoms with van der Waals surface area (Å²) in [6.07, 6.45) is -2.51. The molecule has 1 rings (SSSR count). The summed E-state index contributed by atoms with van der Waals surface area (Å²) in [6, 6.07) is 4.34. The van der Waals surface area contributed by atoms with Gasteiger partial charge in [0.05, 0.1) is 0 Å². The summed E-state index contributed by atoms with van der Waals surface area (Å²) >= 11 is 0. The maximum atomic E-state index is 12.9. The molecule has 0 aliphatic heterocycles. The van der Waals surface area contributed by atoms with E-state index < -0.39 is 18.1 Å². The van der Waals surface area contributed by atoms with Crippen molar-refractivity contribution < 1.29 is 18.3 Å². The lowest BCUT2D eigenvalue weighted by atomic mass is 10.1. The Morgan fingerprint density at radius 3 is 2.59 bits per heavy atom. The maximum Gasteiger partial charge on any atom is 0.407 e. The minimum absolute atomic E-state index is 0.125. The van der Waals surface area contributed by atoms with E-state index >= 15 is 0 Å². The summed E-state index contributed by atoms with van der Waals surface area (Å²) < 4.78 is 30.8. The number of anilines is 2. The number of benzene rings is 1. The number of nitrogens with one attached hydrogen (secondary N) is 2. The van der Waals surface area contributed by atoms with Gasteiger partial charge < -0.3 is 21.1 Å². The smallest absolute Gasteiger partial charge is 0.407 e. The molecule has 1 amide bonds. The molecule has 0 heterocycles. The first kappa shape index (κ1) is 18.0. The number of nitrogens with two attached hydrogens (primary N) is 1. The Balaban J connectivity index is 2.35. The number of nitrogen functional groups attached to an aromatic ring is 1. The molecular formula is C15H23F2N3O2. The fraction of sp³-hybridized carbons (Fsp3) is 0.533. The molecule has 7 heteroatoms. The van der Waals surface area contributed by atoms with Crippen LogP contribution in [0.3, 0.4) is 0 Å². The van der Waals surface area contributed by atoms with Crippen molar-refractivity contribution in [2.24, 2.45) is 0 Å². The van der Waals surface area contributed by atoms with Gasteiger partial charge in [-0.2, -0.15) is 0 Å². The fourth-order valence-electron chi connectivity index (χ4n) is 1.74. The third kappa shape index (κ3) is 6.60. The van der Waals surface area contributed by atoms with Gasteiger partial charge in [0.15, 0.2) is 0 Å². The van der Waals surface area contributed by atoms with Crippen LogP contribution in [0, 0.1) is 0 Å². The van der Waals surface area contributed by atoms with Gasteiger partial charge in [0.1, 0.15) is 5.60 Å². The Hall–Kier alpha value is -2.05. The van der Waals surface area contributed by atoms with E-state index in [9.17, 15) is 13.6 Å². The van der Waals surface area contributed by atoms with E-state index in [1.54, 1.807) is 26.8 Å². The van der Waals surface area contributed by atoms with Crippen LogP contribution >= 0.6 is 0 Å². The lowest BCUT2D eigenvalue weighted by Crippen LogP contribution is -2.33. The number of halogens is 2. The molecule has 22 heavy (non-hydrogen) atoms. The summed E-state index contributed by atoms with van der Waals surface area (Å²) in [5, 5.41) is 5.52. The largest absolute Gasteiger partial charge is 0.444 e. The highest BCUT2D eigenvalue weighted by Crippen LogP contribution is 2.28. The van der Waals surface area contributed by atoms with Gasteiger partial charge in [0.2, 0.25) is 0 Å². The van der Waals surface area contributed by atoms with Gasteiger partial charge >= 0.3 is 6.09 Å². The molecule has 0 saturated heterocycles. The van der Waals surface area contributed by atoms with Crippen molar-refractivity contribution in [3.63, 3.8) is 0 Å². The number of alkyl carbamates (subject to hydrolysis) is 1. The molecule has 1 aromatic carbocycles. The van der Waals surface area contributed by atoms with Crippen LogP contribution in [0.5, 0.6) is 0 Å². The SMILES string of the molecule is CC(C)(C)OC(=O)NCCCNc1ccc(N)cc1C(F)F. The van der Waals surface area contributed by atoms with Crippen LogP contribution in [-0.2, 0) is 4.74 Å². The van der Waals surface area contributed by atoms with Crippen LogP contribution in [0.2, 0.25) is 0 Å². The van der Waals surface area contributed by atoms with E-state index in [0.29, 0.717) is 30.9 Å². The first-order valence-corrected chi connectivity index (χ1v) is 7.07. The van der Waals surface area contributed by atoms with E-state index in [2.05, 4.69) is 10.6 Å². The maximum absolute atomic E-state index is 12.9. The molecule has 0 radical (unpaired) electrons. The highest BCUT2D eigenvalue weighted by molar-refractivity contribution is 5.67. The number of carbonyl (C=O) groups excluding carboxylic acids is 1. The molecule has 0 aliphatic carbocycles. The zero-order valence-electron chi connectivity index (χ0n) is 13.1. The Bertz CT molecular complexity index is 502. The minimum Gasteiger partial charge on any atom is -0.444 e. The van der Waals surface area contributed by atoms with Crippen molar-refractivity contribution >= 4 is 17.5 Å². The molecule has 0 spiro atoms. The van der Waals surface area contributed by atoms with E-state index in [1.165, 1.54) is 12.1 Å². The number of ether oxygens (including phenoxy) is 1. The van der Waals surface area contributed by atoms with Crippen molar-refractivity contribution in [1.29, 1.82) is 0 Å². The molecule has 0 bridgehead atoms. The van der Waals surface area contributed by atoms with Crippen molar-refractivity contribution in [2.75, 3.05) is 24.1 Å². The Morgan fingerprint density at radius 1 is 1.32 bits per heavy atom. The minimum atomic E-state index is -2.59. The second kappa shape index (κ2) is 7.82. The van der Waals surface area contributed by atoms with Crippen molar-refractivity contribution in [3.05, 3.63) is 23.8 Å². The van der Waals surface area contributed by atoms with E-state index in [4.69, 9.17) is 10.5 Å². The molecule has 0 saturated carbocycles. The topological polar surface area (TPSA) is 76.4 Å². The second-order valence-corrected chi connectivity index (χ2v) is 5.86. The molecule has 124 valence electrons. The van der Waals surface area contributed by atoms with Crippen LogP contribution in [0.15, 0.2) is 18.2 Å². The van der Waals surface area contributed by atoms with Crippen LogP contribution in [-0.4, -0.2) is 24.8 Å². The van der Waals surface area contributed by atoms with Crippen molar-refractivity contribution in [1.82, 2.24) is 5.32 Å². The van der Waals surface area contributed by atoms with E-state index in [1.807, 2.05) is 0 Å². The Morgan fingerprint density at radius 2 is 2.00 bits per heavy atom. The number of carbonyl (C=O) groups is 1. The molecule has 4 N–H and O–H groups in total. The number of hydrogen-bond acceptors (Lipinski definition) is 4.